The zero-order valence-corrected chi connectivity index (χ0v) is 13.1. The van der Waals surface area contributed by atoms with Gasteiger partial charge in [-0.3, -0.25) is 0 Å². The van der Waals surface area contributed by atoms with Crippen molar-refractivity contribution in [3.8, 4) is 0 Å². The number of hydrogen-bond acceptors (Lipinski definition) is 2. The van der Waals surface area contributed by atoms with E-state index >= 15 is 0 Å². The minimum absolute atomic E-state index is 0.812. The van der Waals surface area contributed by atoms with Crippen molar-refractivity contribution >= 4 is 50.8 Å². The first-order valence-corrected chi connectivity index (χ1v) is 7.83. The van der Waals surface area contributed by atoms with Gasteiger partial charge in [0.1, 0.15) is 0 Å². The standard InChI is InChI=1S/C16H12INS/c17-15-10-13(18)6-8-16(15)19-14-7-5-11-3-1-2-4-12(11)9-14/h1-10H,18H2. The van der Waals surface area contributed by atoms with E-state index in [-0.39, 0.29) is 0 Å². The third-order valence-electron chi connectivity index (χ3n) is 2.90. The Balaban J connectivity index is 1.96. The monoisotopic (exact) mass is 377 g/mol. The van der Waals surface area contributed by atoms with Gasteiger partial charge in [-0.1, -0.05) is 42.1 Å². The van der Waals surface area contributed by atoms with Gasteiger partial charge < -0.3 is 5.73 Å². The topological polar surface area (TPSA) is 26.0 Å². The molecule has 2 N–H and O–H groups in total. The highest BCUT2D eigenvalue weighted by Crippen LogP contribution is 2.33. The van der Waals surface area contributed by atoms with Crippen LogP contribution >= 0.6 is 34.4 Å². The molecule has 3 heteroatoms. The van der Waals surface area contributed by atoms with Crippen LogP contribution in [0.2, 0.25) is 0 Å². The van der Waals surface area contributed by atoms with E-state index < -0.39 is 0 Å². The molecule has 3 aromatic rings. The van der Waals surface area contributed by atoms with Crippen molar-refractivity contribution in [2.75, 3.05) is 5.73 Å². The van der Waals surface area contributed by atoms with Crippen LogP contribution in [-0.4, -0.2) is 0 Å². The first-order valence-electron chi connectivity index (χ1n) is 5.94. The van der Waals surface area contributed by atoms with Crippen LogP contribution in [-0.2, 0) is 0 Å². The maximum atomic E-state index is 5.78. The molecule has 0 aliphatic carbocycles. The van der Waals surface area contributed by atoms with Crippen molar-refractivity contribution in [3.63, 3.8) is 0 Å². The van der Waals surface area contributed by atoms with Crippen LogP contribution in [0, 0.1) is 3.57 Å². The highest BCUT2D eigenvalue weighted by molar-refractivity contribution is 14.1. The second-order valence-electron chi connectivity index (χ2n) is 4.30. The van der Waals surface area contributed by atoms with Gasteiger partial charge in [-0.15, -0.1) is 0 Å². The van der Waals surface area contributed by atoms with E-state index in [1.807, 2.05) is 12.1 Å². The molecule has 1 nitrogen and oxygen atoms in total. The summed E-state index contributed by atoms with van der Waals surface area (Å²) in [4.78, 5) is 2.49. The van der Waals surface area contributed by atoms with E-state index in [0.29, 0.717) is 0 Å². The van der Waals surface area contributed by atoms with E-state index in [1.54, 1.807) is 11.8 Å². The number of fused-ring (bicyclic) bond motifs is 1. The van der Waals surface area contributed by atoms with Crippen LogP contribution in [0.25, 0.3) is 10.8 Å². The zero-order chi connectivity index (χ0) is 13.2. The van der Waals surface area contributed by atoms with Crippen molar-refractivity contribution in [2.45, 2.75) is 9.79 Å². The molecule has 0 saturated heterocycles. The second kappa shape index (κ2) is 5.43. The molecule has 0 aliphatic rings. The maximum absolute atomic E-state index is 5.78. The van der Waals surface area contributed by atoms with E-state index in [1.165, 1.54) is 24.1 Å². The largest absolute Gasteiger partial charge is 0.399 e. The molecular weight excluding hydrogens is 365 g/mol. The van der Waals surface area contributed by atoms with Gasteiger partial charge in [-0.2, -0.15) is 0 Å². The smallest absolute Gasteiger partial charge is 0.0325 e. The molecule has 0 amide bonds. The van der Waals surface area contributed by atoms with Crippen molar-refractivity contribution in [3.05, 3.63) is 64.2 Å². The van der Waals surface area contributed by atoms with Crippen LogP contribution in [0.15, 0.2) is 70.5 Å². The summed E-state index contributed by atoms with van der Waals surface area (Å²) in [7, 11) is 0. The van der Waals surface area contributed by atoms with Gasteiger partial charge >= 0.3 is 0 Å². The summed E-state index contributed by atoms with van der Waals surface area (Å²) in [6.07, 6.45) is 0. The average Bonchev–Trinajstić information content (AvgIpc) is 2.42. The van der Waals surface area contributed by atoms with Gasteiger partial charge in [-0.05, 0) is 63.7 Å². The fourth-order valence-electron chi connectivity index (χ4n) is 1.96. The third-order valence-corrected chi connectivity index (χ3v) is 5.23. The Bertz CT molecular complexity index is 740. The molecule has 0 unspecified atom stereocenters. The van der Waals surface area contributed by atoms with Crippen molar-refractivity contribution < 1.29 is 0 Å². The number of hydrogen-bond donors (Lipinski definition) is 1. The van der Waals surface area contributed by atoms with Gasteiger partial charge in [-0.25, -0.2) is 0 Å². The normalized spacial score (nSPS) is 10.8. The molecule has 0 aromatic heterocycles. The first-order chi connectivity index (χ1) is 9.22. The molecular formula is C16H12INS. The molecule has 0 saturated carbocycles. The summed E-state index contributed by atoms with van der Waals surface area (Å²) in [5.41, 5.74) is 6.59. The summed E-state index contributed by atoms with van der Waals surface area (Å²) in [5.74, 6) is 0. The summed E-state index contributed by atoms with van der Waals surface area (Å²) in [5, 5.41) is 2.55. The summed E-state index contributed by atoms with van der Waals surface area (Å²) in [6, 6.07) is 21.0. The summed E-state index contributed by atoms with van der Waals surface area (Å²) in [6.45, 7) is 0. The number of nitrogen functional groups attached to an aromatic ring is 1. The van der Waals surface area contributed by atoms with Crippen molar-refractivity contribution in [1.82, 2.24) is 0 Å². The molecule has 19 heavy (non-hydrogen) atoms. The number of rotatable bonds is 2. The fraction of sp³-hybridized carbons (Fsp3) is 0. The Morgan fingerprint density at radius 2 is 1.63 bits per heavy atom. The molecule has 3 rings (SSSR count). The molecule has 3 aromatic carbocycles. The lowest BCUT2D eigenvalue weighted by Gasteiger charge is -2.06. The van der Waals surface area contributed by atoms with E-state index in [2.05, 4.69) is 71.1 Å². The number of nitrogens with two attached hydrogens (primary N) is 1. The Hall–Kier alpha value is -1.20. The number of anilines is 1. The average molecular weight is 377 g/mol. The lowest BCUT2D eigenvalue weighted by molar-refractivity contribution is 1.38. The lowest BCUT2D eigenvalue weighted by Crippen LogP contribution is -1.86. The maximum Gasteiger partial charge on any atom is 0.0325 e. The first kappa shape index (κ1) is 12.8. The van der Waals surface area contributed by atoms with Crippen molar-refractivity contribution in [1.29, 1.82) is 0 Å². The minimum Gasteiger partial charge on any atom is -0.399 e. The Morgan fingerprint density at radius 3 is 2.42 bits per heavy atom. The number of benzene rings is 3. The molecule has 0 atom stereocenters. The van der Waals surface area contributed by atoms with E-state index in [0.717, 1.165) is 5.69 Å². The van der Waals surface area contributed by atoms with Crippen LogP contribution in [0.4, 0.5) is 5.69 Å². The van der Waals surface area contributed by atoms with Crippen LogP contribution in [0.1, 0.15) is 0 Å². The Labute approximate surface area is 130 Å². The van der Waals surface area contributed by atoms with Gasteiger partial charge in [0.25, 0.3) is 0 Å². The SMILES string of the molecule is Nc1ccc(Sc2ccc3ccccc3c2)c(I)c1. The molecule has 0 radical (unpaired) electrons. The van der Waals surface area contributed by atoms with Crippen LogP contribution < -0.4 is 5.73 Å². The highest BCUT2D eigenvalue weighted by atomic mass is 127. The molecule has 0 fully saturated rings. The Kier molecular flexibility index (Phi) is 3.66. The summed E-state index contributed by atoms with van der Waals surface area (Å²) >= 11 is 4.10. The fourth-order valence-corrected chi connectivity index (χ4v) is 3.70. The predicted molar refractivity (Wildman–Crippen MR) is 91.6 cm³/mol. The van der Waals surface area contributed by atoms with Gasteiger partial charge in [0.05, 0.1) is 0 Å². The van der Waals surface area contributed by atoms with Gasteiger partial charge in [0, 0.05) is 19.0 Å². The van der Waals surface area contributed by atoms with Gasteiger partial charge in [0.2, 0.25) is 0 Å². The molecule has 94 valence electrons. The quantitative estimate of drug-likeness (QED) is 0.492. The number of halogens is 1. The molecule has 0 spiro atoms. The van der Waals surface area contributed by atoms with Crippen molar-refractivity contribution in [2.24, 2.45) is 0 Å². The Morgan fingerprint density at radius 1 is 0.842 bits per heavy atom. The molecule has 0 bridgehead atoms. The van der Waals surface area contributed by atoms with Crippen LogP contribution in [0.3, 0.4) is 0 Å². The van der Waals surface area contributed by atoms with E-state index in [9.17, 15) is 0 Å². The minimum atomic E-state index is 0.812. The predicted octanol–water partition coefficient (Wildman–Crippen LogP) is 5.18. The molecule has 0 aliphatic heterocycles. The highest BCUT2D eigenvalue weighted by Gasteiger charge is 2.03. The second-order valence-corrected chi connectivity index (χ2v) is 6.58. The zero-order valence-electron chi connectivity index (χ0n) is 10.1. The summed E-state index contributed by atoms with van der Waals surface area (Å²) < 4.78 is 1.19. The molecule has 0 heterocycles. The van der Waals surface area contributed by atoms with Gasteiger partial charge in [0.15, 0.2) is 0 Å². The lowest BCUT2D eigenvalue weighted by atomic mass is 10.1. The third kappa shape index (κ3) is 2.87. The van der Waals surface area contributed by atoms with E-state index in [4.69, 9.17) is 5.73 Å². The van der Waals surface area contributed by atoms with Crippen LogP contribution in [0.5, 0.6) is 0 Å².